The zero-order valence-electron chi connectivity index (χ0n) is 11.7. The molecular weight excluding hydrogens is 252 g/mol. The lowest BCUT2D eigenvalue weighted by atomic mass is 10.1. The van der Waals surface area contributed by atoms with Crippen molar-refractivity contribution >= 4 is 11.7 Å². The molecule has 2 aromatic rings. The van der Waals surface area contributed by atoms with Crippen molar-refractivity contribution in [3.05, 3.63) is 59.4 Å². The number of pyridine rings is 1. The fourth-order valence-electron chi connectivity index (χ4n) is 2.15. The van der Waals surface area contributed by atoms with E-state index >= 15 is 0 Å². The molecule has 0 aliphatic carbocycles. The first-order valence-corrected chi connectivity index (χ1v) is 6.60. The molecule has 1 N–H and O–H groups in total. The number of rotatable bonds is 5. The minimum absolute atomic E-state index is 0.336. The molecule has 0 saturated heterocycles. The number of nitrogens with zero attached hydrogens (tertiary/aromatic N) is 2. The van der Waals surface area contributed by atoms with Crippen LogP contribution in [0.4, 0.5) is 5.69 Å². The summed E-state index contributed by atoms with van der Waals surface area (Å²) in [6.45, 7) is 5.22. The Kier molecular flexibility index (Phi) is 4.35. The van der Waals surface area contributed by atoms with E-state index in [4.69, 9.17) is 0 Å². The molecule has 0 fully saturated rings. The molecule has 0 saturated carbocycles. The number of aryl methyl sites for hydroxylation is 1. The van der Waals surface area contributed by atoms with E-state index in [9.17, 15) is 9.90 Å². The van der Waals surface area contributed by atoms with Gasteiger partial charge in [-0.25, -0.2) is 4.79 Å². The van der Waals surface area contributed by atoms with Crippen LogP contribution in [0.2, 0.25) is 0 Å². The molecule has 0 amide bonds. The van der Waals surface area contributed by atoms with Crippen LogP contribution in [-0.4, -0.2) is 22.6 Å². The van der Waals surface area contributed by atoms with Gasteiger partial charge in [-0.05, 0) is 38.1 Å². The number of hydrogen-bond acceptors (Lipinski definition) is 3. The molecule has 0 spiro atoms. The third kappa shape index (κ3) is 3.15. The zero-order chi connectivity index (χ0) is 14.5. The summed E-state index contributed by atoms with van der Waals surface area (Å²) in [7, 11) is 0. The van der Waals surface area contributed by atoms with Gasteiger partial charge in [0.2, 0.25) is 0 Å². The van der Waals surface area contributed by atoms with E-state index in [1.54, 1.807) is 12.3 Å². The molecule has 0 atom stereocenters. The number of aromatic nitrogens is 1. The molecule has 1 aromatic carbocycles. The second-order valence-electron chi connectivity index (χ2n) is 4.66. The van der Waals surface area contributed by atoms with Crippen molar-refractivity contribution in [1.29, 1.82) is 0 Å². The molecular formula is C16H18N2O2. The first kappa shape index (κ1) is 14.1. The Morgan fingerprint density at radius 3 is 2.70 bits per heavy atom. The fourth-order valence-corrected chi connectivity index (χ4v) is 2.15. The number of benzene rings is 1. The summed E-state index contributed by atoms with van der Waals surface area (Å²) in [4.78, 5) is 17.7. The average Bonchev–Trinajstić information content (AvgIpc) is 2.46. The Morgan fingerprint density at radius 1 is 1.30 bits per heavy atom. The number of anilines is 1. The molecule has 2 rings (SSSR count). The maximum atomic E-state index is 11.4. The Morgan fingerprint density at radius 2 is 2.10 bits per heavy atom. The SMILES string of the molecule is CCN(Cc1ccccn1)c1ccc(C)cc1C(=O)O. The van der Waals surface area contributed by atoms with Crippen molar-refractivity contribution in [3.63, 3.8) is 0 Å². The Balaban J connectivity index is 2.34. The van der Waals surface area contributed by atoms with E-state index in [0.29, 0.717) is 12.1 Å². The van der Waals surface area contributed by atoms with E-state index in [-0.39, 0.29) is 0 Å². The third-order valence-electron chi connectivity index (χ3n) is 3.18. The van der Waals surface area contributed by atoms with Crippen molar-refractivity contribution < 1.29 is 9.90 Å². The highest BCUT2D eigenvalue weighted by Crippen LogP contribution is 2.23. The average molecular weight is 270 g/mol. The van der Waals surface area contributed by atoms with Crippen molar-refractivity contribution in [2.75, 3.05) is 11.4 Å². The van der Waals surface area contributed by atoms with Crippen LogP contribution in [0.15, 0.2) is 42.6 Å². The summed E-state index contributed by atoms with van der Waals surface area (Å²) >= 11 is 0. The minimum Gasteiger partial charge on any atom is -0.478 e. The lowest BCUT2D eigenvalue weighted by molar-refractivity contribution is 0.0697. The first-order valence-electron chi connectivity index (χ1n) is 6.60. The number of carboxylic acid groups (broad SMARTS) is 1. The van der Waals surface area contributed by atoms with Gasteiger partial charge in [0.15, 0.2) is 0 Å². The van der Waals surface area contributed by atoms with Gasteiger partial charge < -0.3 is 10.0 Å². The van der Waals surface area contributed by atoms with Crippen LogP contribution in [-0.2, 0) is 6.54 Å². The number of carboxylic acids is 1. The first-order chi connectivity index (χ1) is 9.61. The van der Waals surface area contributed by atoms with Crippen LogP contribution in [0.25, 0.3) is 0 Å². The fraction of sp³-hybridized carbons (Fsp3) is 0.250. The predicted octanol–water partition coefficient (Wildman–Crippen LogP) is 3.11. The molecule has 0 radical (unpaired) electrons. The molecule has 0 aliphatic heterocycles. The topological polar surface area (TPSA) is 53.4 Å². The molecule has 4 nitrogen and oxygen atoms in total. The highest BCUT2D eigenvalue weighted by Gasteiger charge is 2.15. The maximum absolute atomic E-state index is 11.4. The molecule has 20 heavy (non-hydrogen) atoms. The zero-order valence-corrected chi connectivity index (χ0v) is 11.7. The quantitative estimate of drug-likeness (QED) is 0.907. The minimum atomic E-state index is -0.900. The molecule has 0 bridgehead atoms. The lowest BCUT2D eigenvalue weighted by Crippen LogP contribution is -2.24. The van der Waals surface area contributed by atoms with Gasteiger partial charge in [-0.2, -0.15) is 0 Å². The van der Waals surface area contributed by atoms with Crippen LogP contribution in [0.3, 0.4) is 0 Å². The smallest absolute Gasteiger partial charge is 0.337 e. The summed E-state index contributed by atoms with van der Waals surface area (Å²) < 4.78 is 0. The van der Waals surface area contributed by atoms with E-state index in [1.807, 2.05) is 49.1 Å². The third-order valence-corrected chi connectivity index (χ3v) is 3.18. The highest BCUT2D eigenvalue weighted by molar-refractivity contribution is 5.94. The highest BCUT2D eigenvalue weighted by atomic mass is 16.4. The van der Waals surface area contributed by atoms with Gasteiger partial charge >= 0.3 is 5.97 Å². The van der Waals surface area contributed by atoms with Crippen LogP contribution in [0.1, 0.15) is 28.5 Å². The Hall–Kier alpha value is -2.36. The van der Waals surface area contributed by atoms with Gasteiger partial charge in [0.1, 0.15) is 0 Å². The van der Waals surface area contributed by atoms with Gasteiger partial charge in [0, 0.05) is 12.7 Å². The largest absolute Gasteiger partial charge is 0.478 e. The number of hydrogen-bond donors (Lipinski definition) is 1. The molecule has 0 aliphatic rings. The number of carbonyl (C=O) groups is 1. The van der Waals surface area contributed by atoms with E-state index in [0.717, 1.165) is 23.5 Å². The molecule has 0 unspecified atom stereocenters. The van der Waals surface area contributed by atoms with Gasteiger partial charge in [0.25, 0.3) is 0 Å². The van der Waals surface area contributed by atoms with Crippen molar-refractivity contribution in [2.45, 2.75) is 20.4 Å². The monoisotopic (exact) mass is 270 g/mol. The summed E-state index contributed by atoms with van der Waals surface area (Å²) in [5, 5.41) is 9.36. The van der Waals surface area contributed by atoms with Crippen molar-refractivity contribution in [3.8, 4) is 0 Å². The van der Waals surface area contributed by atoms with Gasteiger partial charge in [-0.3, -0.25) is 4.98 Å². The van der Waals surface area contributed by atoms with Crippen molar-refractivity contribution in [1.82, 2.24) is 4.98 Å². The second kappa shape index (κ2) is 6.19. The maximum Gasteiger partial charge on any atom is 0.337 e. The lowest BCUT2D eigenvalue weighted by Gasteiger charge is -2.24. The Bertz CT molecular complexity index is 597. The number of aromatic carboxylic acids is 1. The predicted molar refractivity (Wildman–Crippen MR) is 79.1 cm³/mol. The van der Waals surface area contributed by atoms with E-state index in [2.05, 4.69) is 4.98 Å². The van der Waals surface area contributed by atoms with Crippen LogP contribution < -0.4 is 4.90 Å². The Labute approximate surface area is 118 Å². The van der Waals surface area contributed by atoms with E-state index < -0.39 is 5.97 Å². The standard InChI is InChI=1S/C16H18N2O2/c1-3-18(11-13-6-4-5-9-17-13)15-8-7-12(2)10-14(15)16(19)20/h4-10H,3,11H2,1-2H3,(H,19,20). The van der Waals surface area contributed by atoms with E-state index in [1.165, 1.54) is 0 Å². The van der Waals surface area contributed by atoms with Crippen molar-refractivity contribution in [2.24, 2.45) is 0 Å². The molecule has 1 heterocycles. The van der Waals surface area contributed by atoms with Gasteiger partial charge in [-0.15, -0.1) is 0 Å². The summed E-state index contributed by atoms with van der Waals surface area (Å²) in [5.74, 6) is -0.900. The normalized spacial score (nSPS) is 10.3. The van der Waals surface area contributed by atoms with Crippen LogP contribution >= 0.6 is 0 Å². The summed E-state index contributed by atoms with van der Waals surface area (Å²) in [6.07, 6.45) is 1.75. The molecule has 1 aromatic heterocycles. The van der Waals surface area contributed by atoms with Gasteiger partial charge in [0.05, 0.1) is 23.5 Å². The molecule has 4 heteroatoms. The second-order valence-corrected chi connectivity index (χ2v) is 4.66. The summed E-state index contributed by atoms with van der Waals surface area (Å²) in [5.41, 5.74) is 2.94. The van der Waals surface area contributed by atoms with Gasteiger partial charge in [-0.1, -0.05) is 17.7 Å². The summed E-state index contributed by atoms with van der Waals surface area (Å²) in [6, 6.07) is 11.3. The van der Waals surface area contributed by atoms with Crippen LogP contribution in [0, 0.1) is 6.92 Å². The molecule has 104 valence electrons. The van der Waals surface area contributed by atoms with Crippen LogP contribution in [0.5, 0.6) is 0 Å².